The maximum atomic E-state index is 6.06. The summed E-state index contributed by atoms with van der Waals surface area (Å²) in [6, 6.07) is 22.8. The van der Waals surface area contributed by atoms with E-state index in [1.165, 1.54) is 33.4 Å². The summed E-state index contributed by atoms with van der Waals surface area (Å²) in [4.78, 5) is 8.85. The van der Waals surface area contributed by atoms with Crippen LogP contribution in [0.25, 0.3) is 11.1 Å². The number of hydrogen-bond acceptors (Lipinski definition) is 3. The highest BCUT2D eigenvalue weighted by Crippen LogP contribution is 2.31. The van der Waals surface area contributed by atoms with Gasteiger partial charge in [-0.25, -0.2) is 4.98 Å². The number of ether oxygens (including phenoxy) is 1. The Morgan fingerprint density at radius 2 is 1.60 bits per heavy atom. The summed E-state index contributed by atoms with van der Waals surface area (Å²) in [5.41, 5.74) is 8.42. The molecule has 0 saturated carbocycles. The summed E-state index contributed by atoms with van der Waals surface area (Å²) >= 11 is 0. The molecule has 0 aliphatic heterocycles. The van der Waals surface area contributed by atoms with E-state index >= 15 is 0 Å². The number of rotatable bonds is 6. The van der Waals surface area contributed by atoms with Crippen LogP contribution in [0.15, 0.2) is 79.1 Å². The highest BCUT2D eigenvalue weighted by Gasteiger charge is 2.08. The highest BCUT2D eigenvalue weighted by atomic mass is 16.5. The third kappa shape index (κ3) is 4.57. The number of aromatic nitrogens is 2. The lowest BCUT2D eigenvalue weighted by Crippen LogP contribution is -1.98. The molecule has 4 rings (SSSR count). The molecule has 0 unspecified atom stereocenters. The number of hydrogen-bond donors (Lipinski definition) is 0. The zero-order valence-corrected chi connectivity index (χ0v) is 17.7. The Bertz CT molecular complexity index is 1150. The van der Waals surface area contributed by atoms with Gasteiger partial charge in [0.1, 0.15) is 5.75 Å². The number of aryl methyl sites for hydroxylation is 5. The van der Waals surface area contributed by atoms with Crippen LogP contribution in [0.1, 0.15) is 27.9 Å². The zero-order chi connectivity index (χ0) is 20.9. The molecular weight excluding hydrogens is 368 g/mol. The van der Waals surface area contributed by atoms with Crippen LogP contribution in [-0.2, 0) is 12.8 Å². The maximum Gasteiger partial charge on any atom is 0.219 e. The molecule has 2 aromatic carbocycles. The fourth-order valence-electron chi connectivity index (χ4n) is 3.71. The summed E-state index contributed by atoms with van der Waals surface area (Å²) < 4.78 is 6.06. The first kappa shape index (κ1) is 19.8. The van der Waals surface area contributed by atoms with Gasteiger partial charge in [0.05, 0.1) is 0 Å². The third-order valence-corrected chi connectivity index (χ3v) is 5.43. The normalized spacial score (nSPS) is 10.8. The van der Waals surface area contributed by atoms with Crippen LogP contribution in [0.4, 0.5) is 0 Å². The molecule has 0 N–H and O–H groups in total. The minimum atomic E-state index is 0.626. The van der Waals surface area contributed by atoms with Gasteiger partial charge >= 0.3 is 0 Å². The van der Waals surface area contributed by atoms with Crippen molar-refractivity contribution in [3.63, 3.8) is 0 Å². The van der Waals surface area contributed by atoms with Crippen LogP contribution >= 0.6 is 0 Å². The van der Waals surface area contributed by atoms with Gasteiger partial charge in [-0.2, -0.15) is 0 Å². The van der Waals surface area contributed by atoms with Gasteiger partial charge in [-0.1, -0.05) is 42.5 Å². The van der Waals surface area contributed by atoms with Crippen molar-refractivity contribution in [3.05, 3.63) is 107 Å². The van der Waals surface area contributed by atoms with Crippen molar-refractivity contribution < 1.29 is 4.74 Å². The van der Waals surface area contributed by atoms with Crippen molar-refractivity contribution in [3.8, 4) is 22.8 Å². The van der Waals surface area contributed by atoms with Crippen LogP contribution in [0.2, 0.25) is 0 Å². The van der Waals surface area contributed by atoms with Crippen molar-refractivity contribution in [1.29, 1.82) is 0 Å². The van der Waals surface area contributed by atoms with Gasteiger partial charge in [0.2, 0.25) is 5.88 Å². The van der Waals surface area contributed by atoms with Crippen molar-refractivity contribution in [2.45, 2.75) is 33.6 Å². The second-order valence-corrected chi connectivity index (χ2v) is 7.65. The van der Waals surface area contributed by atoms with Crippen LogP contribution < -0.4 is 4.74 Å². The summed E-state index contributed by atoms with van der Waals surface area (Å²) in [5.74, 6) is 1.43. The molecule has 0 spiro atoms. The Labute approximate surface area is 178 Å². The molecule has 2 heterocycles. The summed E-state index contributed by atoms with van der Waals surface area (Å²) in [6.07, 6.45) is 5.62. The van der Waals surface area contributed by atoms with Gasteiger partial charge in [-0.3, -0.25) is 4.98 Å². The molecule has 0 fully saturated rings. The summed E-state index contributed by atoms with van der Waals surface area (Å²) in [6.45, 7) is 6.30. The molecule has 3 nitrogen and oxygen atoms in total. The lowest BCUT2D eigenvalue weighted by atomic mass is 9.97. The minimum Gasteiger partial charge on any atom is -0.439 e. The average molecular weight is 395 g/mol. The second-order valence-electron chi connectivity index (χ2n) is 7.65. The standard InChI is InChI=1S/C27H26N2O/c1-19-7-4-5-9-25(19)26-14-13-24(17-20(26)2)30-27-15-12-23(21(3)29-27)11-10-22-8-6-16-28-18-22/h4-9,12-18H,10-11H2,1-3H3. The van der Waals surface area contributed by atoms with E-state index in [0.717, 1.165) is 24.3 Å². The molecular formula is C27H26N2O. The maximum absolute atomic E-state index is 6.06. The summed E-state index contributed by atoms with van der Waals surface area (Å²) in [5, 5.41) is 0. The minimum absolute atomic E-state index is 0.626. The number of nitrogens with zero attached hydrogens (tertiary/aromatic N) is 2. The molecule has 0 bridgehead atoms. The van der Waals surface area contributed by atoms with Crippen LogP contribution in [0.3, 0.4) is 0 Å². The average Bonchev–Trinajstić information content (AvgIpc) is 2.75. The lowest BCUT2D eigenvalue weighted by molar-refractivity contribution is 0.461. The van der Waals surface area contributed by atoms with Gasteiger partial charge in [0.15, 0.2) is 0 Å². The Hall–Kier alpha value is -3.46. The van der Waals surface area contributed by atoms with Crippen LogP contribution in [0.5, 0.6) is 11.6 Å². The summed E-state index contributed by atoms with van der Waals surface area (Å²) in [7, 11) is 0. The molecule has 3 heteroatoms. The molecule has 0 atom stereocenters. The molecule has 0 aliphatic rings. The Morgan fingerprint density at radius 1 is 0.767 bits per heavy atom. The van der Waals surface area contributed by atoms with Crippen LogP contribution in [0, 0.1) is 20.8 Å². The molecule has 0 amide bonds. The molecule has 4 aromatic rings. The third-order valence-electron chi connectivity index (χ3n) is 5.43. The highest BCUT2D eigenvalue weighted by molar-refractivity contribution is 5.71. The SMILES string of the molecule is Cc1ccccc1-c1ccc(Oc2ccc(CCc3cccnc3)c(C)n2)cc1C. The Balaban J connectivity index is 1.47. The first-order valence-electron chi connectivity index (χ1n) is 10.3. The number of benzene rings is 2. The molecule has 0 aliphatic carbocycles. The Kier molecular flexibility index (Phi) is 5.89. The monoisotopic (exact) mass is 394 g/mol. The van der Waals surface area contributed by atoms with E-state index in [0.29, 0.717) is 5.88 Å². The van der Waals surface area contributed by atoms with Crippen molar-refractivity contribution in [2.75, 3.05) is 0 Å². The Morgan fingerprint density at radius 3 is 2.33 bits per heavy atom. The van der Waals surface area contributed by atoms with E-state index in [2.05, 4.69) is 72.3 Å². The predicted molar refractivity (Wildman–Crippen MR) is 122 cm³/mol. The topological polar surface area (TPSA) is 35.0 Å². The number of pyridine rings is 2. The lowest BCUT2D eigenvalue weighted by Gasteiger charge is -2.12. The van der Waals surface area contributed by atoms with E-state index in [-0.39, 0.29) is 0 Å². The molecule has 30 heavy (non-hydrogen) atoms. The van der Waals surface area contributed by atoms with Gasteiger partial charge in [-0.05, 0) is 85.2 Å². The van der Waals surface area contributed by atoms with Crippen molar-refractivity contribution in [2.24, 2.45) is 0 Å². The molecule has 0 radical (unpaired) electrons. The smallest absolute Gasteiger partial charge is 0.219 e. The first-order valence-corrected chi connectivity index (χ1v) is 10.3. The zero-order valence-electron chi connectivity index (χ0n) is 17.7. The quantitative estimate of drug-likeness (QED) is 0.367. The first-order chi connectivity index (χ1) is 14.6. The fourth-order valence-corrected chi connectivity index (χ4v) is 3.71. The van der Waals surface area contributed by atoms with Gasteiger partial charge < -0.3 is 4.74 Å². The van der Waals surface area contributed by atoms with E-state index in [9.17, 15) is 0 Å². The van der Waals surface area contributed by atoms with E-state index in [1.807, 2.05) is 31.3 Å². The van der Waals surface area contributed by atoms with Gasteiger partial charge in [-0.15, -0.1) is 0 Å². The largest absolute Gasteiger partial charge is 0.439 e. The van der Waals surface area contributed by atoms with Crippen LogP contribution in [-0.4, -0.2) is 9.97 Å². The predicted octanol–water partition coefficient (Wildman–Crippen LogP) is 6.65. The van der Waals surface area contributed by atoms with Gasteiger partial charge in [0, 0.05) is 24.2 Å². The van der Waals surface area contributed by atoms with E-state index < -0.39 is 0 Å². The van der Waals surface area contributed by atoms with Crippen molar-refractivity contribution >= 4 is 0 Å². The van der Waals surface area contributed by atoms with E-state index in [4.69, 9.17) is 4.74 Å². The second kappa shape index (κ2) is 8.91. The molecule has 0 saturated heterocycles. The fraction of sp³-hybridized carbons (Fsp3) is 0.185. The molecule has 2 aromatic heterocycles. The van der Waals surface area contributed by atoms with E-state index in [1.54, 1.807) is 6.20 Å². The van der Waals surface area contributed by atoms with Gasteiger partial charge in [0.25, 0.3) is 0 Å². The molecule has 150 valence electrons. The van der Waals surface area contributed by atoms with Crippen molar-refractivity contribution in [1.82, 2.24) is 9.97 Å².